The SMILES string of the molecule is Cc1csc(-c2ccc(C)c(NCC(=O)N(CCNC(C)C)CC(=O)N(C)N3Cc4ccccc4C3)c2)n1. The fraction of sp³-hybridized carbons (Fsp3) is 0.414. The van der Waals surface area contributed by atoms with Crippen molar-refractivity contribution in [1.29, 1.82) is 0 Å². The van der Waals surface area contributed by atoms with Crippen LogP contribution in [0, 0.1) is 13.8 Å². The van der Waals surface area contributed by atoms with Crippen molar-refractivity contribution < 1.29 is 9.59 Å². The average molecular weight is 535 g/mol. The van der Waals surface area contributed by atoms with Gasteiger partial charge in [-0.25, -0.2) is 9.99 Å². The van der Waals surface area contributed by atoms with Gasteiger partial charge in [-0.1, -0.05) is 50.2 Å². The molecule has 0 saturated heterocycles. The summed E-state index contributed by atoms with van der Waals surface area (Å²) in [5.41, 5.74) is 6.42. The molecule has 0 radical (unpaired) electrons. The summed E-state index contributed by atoms with van der Waals surface area (Å²) in [6, 6.07) is 14.7. The predicted molar refractivity (Wildman–Crippen MR) is 154 cm³/mol. The minimum Gasteiger partial charge on any atom is -0.376 e. The maximum atomic E-state index is 13.4. The summed E-state index contributed by atoms with van der Waals surface area (Å²) in [5, 5.41) is 13.3. The average Bonchev–Trinajstić information content (AvgIpc) is 3.53. The zero-order valence-corrected chi connectivity index (χ0v) is 23.8. The Labute approximate surface area is 229 Å². The second-order valence-electron chi connectivity index (χ2n) is 10.1. The highest BCUT2D eigenvalue weighted by molar-refractivity contribution is 7.13. The lowest BCUT2D eigenvalue weighted by molar-refractivity contribution is -0.151. The molecule has 1 aliphatic rings. The van der Waals surface area contributed by atoms with Crippen molar-refractivity contribution in [2.75, 3.05) is 38.5 Å². The van der Waals surface area contributed by atoms with E-state index in [-0.39, 0.29) is 24.9 Å². The first-order valence-corrected chi connectivity index (χ1v) is 14.0. The quantitative estimate of drug-likeness (QED) is 0.386. The zero-order valence-electron chi connectivity index (χ0n) is 23.0. The van der Waals surface area contributed by atoms with E-state index < -0.39 is 0 Å². The monoisotopic (exact) mass is 534 g/mol. The molecule has 2 aromatic carbocycles. The lowest BCUT2D eigenvalue weighted by Gasteiger charge is -2.31. The molecule has 3 aromatic rings. The van der Waals surface area contributed by atoms with Crippen molar-refractivity contribution in [1.82, 2.24) is 25.2 Å². The molecule has 0 bridgehead atoms. The van der Waals surface area contributed by atoms with Gasteiger partial charge in [0.05, 0.1) is 6.54 Å². The van der Waals surface area contributed by atoms with Crippen LogP contribution in [0.2, 0.25) is 0 Å². The predicted octanol–water partition coefficient (Wildman–Crippen LogP) is 4.05. The van der Waals surface area contributed by atoms with Gasteiger partial charge in [0.25, 0.3) is 5.91 Å². The molecule has 8 nitrogen and oxygen atoms in total. The fourth-order valence-electron chi connectivity index (χ4n) is 4.45. The van der Waals surface area contributed by atoms with Crippen LogP contribution in [0.1, 0.15) is 36.2 Å². The fourth-order valence-corrected chi connectivity index (χ4v) is 5.24. The second kappa shape index (κ2) is 12.5. The van der Waals surface area contributed by atoms with Crippen molar-refractivity contribution in [3.63, 3.8) is 0 Å². The Morgan fingerprint density at radius 1 is 1.08 bits per heavy atom. The van der Waals surface area contributed by atoms with E-state index in [1.54, 1.807) is 28.3 Å². The summed E-state index contributed by atoms with van der Waals surface area (Å²) >= 11 is 1.61. The Morgan fingerprint density at radius 3 is 2.42 bits per heavy atom. The topological polar surface area (TPSA) is 80.8 Å². The van der Waals surface area contributed by atoms with Crippen molar-refractivity contribution in [3.05, 3.63) is 70.2 Å². The number of nitrogens with zero attached hydrogens (tertiary/aromatic N) is 4. The Bertz CT molecular complexity index is 1250. The Hall–Kier alpha value is -3.27. The van der Waals surface area contributed by atoms with Crippen LogP contribution < -0.4 is 10.6 Å². The first-order chi connectivity index (χ1) is 18.2. The molecule has 4 rings (SSSR count). The summed E-state index contributed by atoms with van der Waals surface area (Å²) in [6.45, 7) is 10.7. The number of hydrogen-bond donors (Lipinski definition) is 2. The number of aryl methyl sites for hydroxylation is 2. The number of likely N-dealkylation sites (N-methyl/N-ethyl adjacent to an activating group) is 1. The first kappa shape index (κ1) is 27.8. The lowest BCUT2D eigenvalue weighted by atomic mass is 10.1. The number of benzene rings is 2. The van der Waals surface area contributed by atoms with E-state index in [0.717, 1.165) is 27.5 Å². The summed E-state index contributed by atoms with van der Waals surface area (Å²) in [5.74, 6) is -0.218. The van der Waals surface area contributed by atoms with E-state index in [2.05, 4.69) is 47.7 Å². The van der Waals surface area contributed by atoms with Gasteiger partial charge in [-0.3, -0.25) is 14.6 Å². The van der Waals surface area contributed by atoms with Gasteiger partial charge in [-0.2, -0.15) is 0 Å². The number of hydrogen-bond acceptors (Lipinski definition) is 7. The van der Waals surface area contributed by atoms with E-state index in [1.807, 2.05) is 48.5 Å². The van der Waals surface area contributed by atoms with Gasteiger partial charge in [0.2, 0.25) is 5.91 Å². The summed E-state index contributed by atoms with van der Waals surface area (Å²) in [6.07, 6.45) is 0. The minimum absolute atomic E-state index is 0.0288. The van der Waals surface area contributed by atoms with Crippen molar-refractivity contribution in [2.24, 2.45) is 0 Å². The number of thiazole rings is 1. The molecule has 0 aliphatic carbocycles. The number of aromatic nitrogens is 1. The third kappa shape index (κ3) is 6.98. The standard InChI is InChI=1S/C29H38N6O2S/c1-20(2)30-12-13-34(18-28(37)33(5)35-16-24-8-6-7-9-25(24)17-35)27(36)15-31-26-14-23(11-10-21(26)3)29-32-22(4)19-38-29/h6-11,14,19-20,30-31H,12-13,15-18H2,1-5H3. The van der Waals surface area contributed by atoms with E-state index in [0.29, 0.717) is 32.2 Å². The summed E-state index contributed by atoms with van der Waals surface area (Å²) in [4.78, 5) is 32.9. The van der Waals surface area contributed by atoms with Gasteiger partial charge < -0.3 is 15.5 Å². The number of rotatable bonds is 11. The number of carbonyl (C=O) groups is 2. The largest absolute Gasteiger partial charge is 0.376 e. The van der Waals surface area contributed by atoms with Gasteiger partial charge in [-0.15, -0.1) is 11.3 Å². The summed E-state index contributed by atoms with van der Waals surface area (Å²) in [7, 11) is 1.79. The highest BCUT2D eigenvalue weighted by atomic mass is 32.1. The smallest absolute Gasteiger partial charge is 0.256 e. The summed E-state index contributed by atoms with van der Waals surface area (Å²) < 4.78 is 0. The van der Waals surface area contributed by atoms with Crippen LogP contribution in [0.15, 0.2) is 47.8 Å². The van der Waals surface area contributed by atoms with Gasteiger partial charge in [0.15, 0.2) is 0 Å². The highest BCUT2D eigenvalue weighted by Gasteiger charge is 2.27. The number of nitrogens with one attached hydrogen (secondary N) is 2. The van der Waals surface area contributed by atoms with Gasteiger partial charge >= 0.3 is 0 Å². The van der Waals surface area contributed by atoms with Crippen LogP contribution in [0.3, 0.4) is 0 Å². The number of hydrazine groups is 1. The molecule has 1 aliphatic heterocycles. The Kier molecular flexibility index (Phi) is 9.14. The molecule has 38 heavy (non-hydrogen) atoms. The Balaban J connectivity index is 1.40. The Morgan fingerprint density at radius 2 is 1.79 bits per heavy atom. The van der Waals surface area contributed by atoms with Crippen molar-refractivity contribution >= 4 is 28.8 Å². The molecule has 0 spiro atoms. The molecule has 0 fully saturated rings. The molecule has 2 N–H and O–H groups in total. The van der Waals surface area contributed by atoms with Crippen molar-refractivity contribution in [3.8, 4) is 10.6 Å². The first-order valence-electron chi connectivity index (χ1n) is 13.1. The molecule has 2 heterocycles. The third-order valence-corrected chi connectivity index (χ3v) is 7.77. The lowest BCUT2D eigenvalue weighted by Crippen LogP contribution is -2.49. The van der Waals surface area contributed by atoms with Crippen LogP contribution in [-0.4, -0.2) is 71.0 Å². The van der Waals surface area contributed by atoms with Crippen LogP contribution in [0.25, 0.3) is 10.6 Å². The van der Waals surface area contributed by atoms with Crippen molar-refractivity contribution in [2.45, 2.75) is 46.8 Å². The van der Waals surface area contributed by atoms with Gasteiger partial charge in [0.1, 0.15) is 11.6 Å². The number of fused-ring (bicyclic) bond motifs is 1. The van der Waals surface area contributed by atoms with Crippen LogP contribution in [0.4, 0.5) is 5.69 Å². The molecule has 9 heteroatoms. The normalized spacial score (nSPS) is 13.0. The highest BCUT2D eigenvalue weighted by Crippen LogP contribution is 2.28. The number of anilines is 1. The van der Waals surface area contributed by atoms with E-state index in [9.17, 15) is 9.59 Å². The van der Waals surface area contributed by atoms with E-state index in [4.69, 9.17) is 0 Å². The molecule has 0 atom stereocenters. The molecule has 202 valence electrons. The number of amides is 2. The number of carbonyl (C=O) groups excluding carboxylic acids is 2. The third-order valence-electron chi connectivity index (χ3n) is 6.76. The molecule has 0 unspecified atom stereocenters. The molecule has 2 amide bonds. The van der Waals surface area contributed by atoms with Crippen LogP contribution in [0.5, 0.6) is 0 Å². The van der Waals surface area contributed by atoms with E-state index >= 15 is 0 Å². The zero-order chi connectivity index (χ0) is 27.2. The molecule has 0 saturated carbocycles. The maximum absolute atomic E-state index is 13.4. The van der Waals surface area contributed by atoms with Crippen LogP contribution >= 0.6 is 11.3 Å². The van der Waals surface area contributed by atoms with Gasteiger partial charge in [0, 0.05) is 61.6 Å². The molecular formula is C29H38N6O2S. The maximum Gasteiger partial charge on any atom is 0.256 e. The minimum atomic E-state index is -0.114. The van der Waals surface area contributed by atoms with Gasteiger partial charge in [-0.05, 0) is 36.6 Å². The van der Waals surface area contributed by atoms with Crippen LogP contribution in [-0.2, 0) is 22.7 Å². The van der Waals surface area contributed by atoms with E-state index in [1.165, 1.54) is 11.1 Å². The molecule has 1 aromatic heterocycles. The molecular weight excluding hydrogens is 496 g/mol. The second-order valence-corrected chi connectivity index (χ2v) is 11.0.